The highest BCUT2D eigenvalue weighted by Gasteiger charge is 2.09. The van der Waals surface area contributed by atoms with E-state index in [9.17, 15) is 4.39 Å². The predicted molar refractivity (Wildman–Crippen MR) is 75.3 cm³/mol. The first-order chi connectivity index (χ1) is 9.24. The Bertz CT molecular complexity index is 527. The molecular formula is C14H17FN4. The number of hydrogen-bond donors (Lipinski definition) is 1. The van der Waals surface area contributed by atoms with Crippen LogP contribution in [0.4, 0.5) is 21.7 Å². The Hall–Kier alpha value is -2.17. The topological polar surface area (TPSA) is 41.0 Å². The predicted octanol–water partition coefficient (Wildman–Crippen LogP) is 3.21. The van der Waals surface area contributed by atoms with E-state index < -0.39 is 0 Å². The third-order valence-electron chi connectivity index (χ3n) is 2.74. The summed E-state index contributed by atoms with van der Waals surface area (Å²) in [6.07, 6.45) is 1.53. The molecule has 1 aromatic heterocycles. The maximum atomic E-state index is 13.0. The average Bonchev–Trinajstić information content (AvgIpc) is 2.43. The lowest BCUT2D eigenvalue weighted by atomic mass is 10.2. The number of nitrogens with one attached hydrogen (secondary N) is 1. The number of nitrogens with zero attached hydrogens (tertiary/aromatic N) is 3. The molecule has 0 spiro atoms. The summed E-state index contributed by atoms with van der Waals surface area (Å²) in [5.41, 5.74) is 0.907. The SMILES string of the molecule is CCNc1cc(N(CC)c2ccc(F)cc2)ncn1. The zero-order chi connectivity index (χ0) is 13.7. The lowest BCUT2D eigenvalue weighted by Gasteiger charge is -2.22. The molecule has 0 radical (unpaired) electrons. The fourth-order valence-electron chi connectivity index (χ4n) is 1.87. The zero-order valence-corrected chi connectivity index (χ0v) is 11.1. The van der Waals surface area contributed by atoms with E-state index in [0.29, 0.717) is 0 Å². The van der Waals surface area contributed by atoms with Gasteiger partial charge in [-0.05, 0) is 38.1 Å². The Morgan fingerprint density at radius 2 is 1.89 bits per heavy atom. The Morgan fingerprint density at radius 1 is 1.16 bits per heavy atom. The van der Waals surface area contributed by atoms with Crippen LogP contribution in [0.15, 0.2) is 36.7 Å². The molecule has 1 N–H and O–H groups in total. The van der Waals surface area contributed by atoms with Gasteiger partial charge in [-0.15, -0.1) is 0 Å². The monoisotopic (exact) mass is 260 g/mol. The van der Waals surface area contributed by atoms with Crippen LogP contribution in [-0.4, -0.2) is 23.1 Å². The van der Waals surface area contributed by atoms with Crippen LogP contribution in [-0.2, 0) is 0 Å². The van der Waals surface area contributed by atoms with Crippen LogP contribution in [0.1, 0.15) is 13.8 Å². The molecule has 4 nitrogen and oxygen atoms in total. The third-order valence-corrected chi connectivity index (χ3v) is 2.74. The lowest BCUT2D eigenvalue weighted by Crippen LogP contribution is -2.17. The average molecular weight is 260 g/mol. The van der Waals surface area contributed by atoms with Crippen molar-refractivity contribution < 1.29 is 4.39 Å². The van der Waals surface area contributed by atoms with E-state index in [4.69, 9.17) is 0 Å². The molecule has 0 fully saturated rings. The molecule has 100 valence electrons. The molecule has 0 bridgehead atoms. The van der Waals surface area contributed by atoms with Crippen molar-refractivity contribution >= 4 is 17.3 Å². The van der Waals surface area contributed by atoms with Gasteiger partial charge in [-0.1, -0.05) is 0 Å². The summed E-state index contributed by atoms with van der Waals surface area (Å²) in [5, 5.41) is 3.15. The van der Waals surface area contributed by atoms with E-state index in [2.05, 4.69) is 15.3 Å². The molecule has 0 amide bonds. The fraction of sp³-hybridized carbons (Fsp3) is 0.286. The molecule has 0 unspecified atom stereocenters. The second-order valence-electron chi connectivity index (χ2n) is 4.01. The smallest absolute Gasteiger partial charge is 0.138 e. The normalized spacial score (nSPS) is 10.3. The number of halogens is 1. The van der Waals surface area contributed by atoms with E-state index in [-0.39, 0.29) is 5.82 Å². The molecule has 1 heterocycles. The Balaban J connectivity index is 2.30. The van der Waals surface area contributed by atoms with Gasteiger partial charge >= 0.3 is 0 Å². The minimum atomic E-state index is -0.240. The first-order valence-corrected chi connectivity index (χ1v) is 6.33. The van der Waals surface area contributed by atoms with Crippen molar-refractivity contribution in [2.45, 2.75) is 13.8 Å². The zero-order valence-electron chi connectivity index (χ0n) is 11.1. The van der Waals surface area contributed by atoms with Crippen molar-refractivity contribution in [2.75, 3.05) is 23.3 Å². The second kappa shape index (κ2) is 6.13. The van der Waals surface area contributed by atoms with Gasteiger partial charge in [-0.3, -0.25) is 0 Å². The van der Waals surface area contributed by atoms with Crippen LogP contribution >= 0.6 is 0 Å². The number of aromatic nitrogens is 2. The number of rotatable bonds is 5. The Kier molecular flexibility index (Phi) is 4.28. The molecule has 2 aromatic rings. The van der Waals surface area contributed by atoms with Crippen LogP contribution in [0.2, 0.25) is 0 Å². The summed E-state index contributed by atoms with van der Waals surface area (Å²) in [6.45, 7) is 5.59. The van der Waals surface area contributed by atoms with Gasteiger partial charge in [0.15, 0.2) is 0 Å². The van der Waals surface area contributed by atoms with Gasteiger partial charge in [-0.2, -0.15) is 0 Å². The van der Waals surface area contributed by atoms with Crippen LogP contribution in [0.3, 0.4) is 0 Å². The molecule has 19 heavy (non-hydrogen) atoms. The highest BCUT2D eigenvalue weighted by molar-refractivity contribution is 5.61. The van der Waals surface area contributed by atoms with E-state index in [1.165, 1.54) is 18.5 Å². The van der Waals surface area contributed by atoms with Gasteiger partial charge in [0.05, 0.1) is 0 Å². The van der Waals surface area contributed by atoms with Crippen molar-refractivity contribution in [1.82, 2.24) is 9.97 Å². The molecule has 0 saturated heterocycles. The largest absolute Gasteiger partial charge is 0.370 e. The van der Waals surface area contributed by atoms with Crippen LogP contribution in [0.5, 0.6) is 0 Å². The maximum absolute atomic E-state index is 13.0. The Morgan fingerprint density at radius 3 is 2.53 bits per heavy atom. The van der Waals surface area contributed by atoms with Crippen molar-refractivity contribution in [3.8, 4) is 0 Å². The third kappa shape index (κ3) is 3.19. The molecule has 0 aliphatic carbocycles. The molecular weight excluding hydrogens is 243 g/mol. The maximum Gasteiger partial charge on any atom is 0.138 e. The summed E-state index contributed by atoms with van der Waals surface area (Å²) in [7, 11) is 0. The fourth-order valence-corrected chi connectivity index (χ4v) is 1.87. The molecule has 0 saturated carbocycles. The first-order valence-electron chi connectivity index (χ1n) is 6.33. The second-order valence-corrected chi connectivity index (χ2v) is 4.01. The quantitative estimate of drug-likeness (QED) is 0.896. The van der Waals surface area contributed by atoms with Crippen LogP contribution in [0.25, 0.3) is 0 Å². The highest BCUT2D eigenvalue weighted by atomic mass is 19.1. The number of benzene rings is 1. The summed E-state index contributed by atoms with van der Waals surface area (Å²) < 4.78 is 13.0. The van der Waals surface area contributed by atoms with E-state index >= 15 is 0 Å². The van der Waals surface area contributed by atoms with Gasteiger partial charge in [0.25, 0.3) is 0 Å². The van der Waals surface area contributed by atoms with Gasteiger partial charge in [-0.25, -0.2) is 14.4 Å². The summed E-state index contributed by atoms with van der Waals surface area (Å²) in [4.78, 5) is 10.4. The minimum absolute atomic E-state index is 0.240. The molecule has 0 aliphatic heterocycles. The summed E-state index contributed by atoms with van der Waals surface area (Å²) >= 11 is 0. The van der Waals surface area contributed by atoms with E-state index in [1.807, 2.05) is 24.8 Å². The minimum Gasteiger partial charge on any atom is -0.370 e. The van der Waals surface area contributed by atoms with Gasteiger partial charge in [0.1, 0.15) is 23.8 Å². The molecule has 1 aromatic carbocycles. The van der Waals surface area contributed by atoms with Crippen molar-refractivity contribution in [3.05, 3.63) is 42.5 Å². The van der Waals surface area contributed by atoms with Gasteiger partial charge in [0.2, 0.25) is 0 Å². The van der Waals surface area contributed by atoms with E-state index in [0.717, 1.165) is 30.4 Å². The number of anilines is 3. The number of hydrogen-bond acceptors (Lipinski definition) is 4. The standard InChI is InChI=1S/C14H17FN4/c1-3-16-13-9-14(18-10-17-13)19(4-2)12-7-5-11(15)6-8-12/h5-10H,3-4H2,1-2H3,(H,16,17,18). The molecule has 2 rings (SSSR count). The first kappa shape index (κ1) is 13.3. The lowest BCUT2D eigenvalue weighted by molar-refractivity contribution is 0.628. The van der Waals surface area contributed by atoms with Crippen molar-refractivity contribution in [2.24, 2.45) is 0 Å². The van der Waals surface area contributed by atoms with Crippen LogP contribution < -0.4 is 10.2 Å². The molecule has 5 heteroatoms. The van der Waals surface area contributed by atoms with Crippen molar-refractivity contribution in [1.29, 1.82) is 0 Å². The molecule has 0 atom stereocenters. The molecule has 0 aliphatic rings. The summed E-state index contributed by atoms with van der Waals surface area (Å²) in [6, 6.07) is 8.27. The Labute approximate surface area is 112 Å². The summed E-state index contributed by atoms with van der Waals surface area (Å²) in [5.74, 6) is 1.34. The van der Waals surface area contributed by atoms with E-state index in [1.54, 1.807) is 12.1 Å². The van der Waals surface area contributed by atoms with Gasteiger partial charge in [0, 0.05) is 24.8 Å². The van der Waals surface area contributed by atoms with Gasteiger partial charge < -0.3 is 10.2 Å². The van der Waals surface area contributed by atoms with Crippen molar-refractivity contribution in [3.63, 3.8) is 0 Å². The van der Waals surface area contributed by atoms with Crippen LogP contribution in [0, 0.1) is 5.82 Å². The highest BCUT2D eigenvalue weighted by Crippen LogP contribution is 2.24.